The van der Waals surface area contributed by atoms with Gasteiger partial charge in [0.15, 0.2) is 0 Å². The van der Waals surface area contributed by atoms with Gasteiger partial charge in [0.2, 0.25) is 0 Å². The van der Waals surface area contributed by atoms with E-state index in [0.29, 0.717) is 34.7 Å². The molecule has 0 aliphatic heterocycles. The van der Waals surface area contributed by atoms with Crippen LogP contribution in [0.4, 0.5) is 0 Å². The summed E-state index contributed by atoms with van der Waals surface area (Å²) in [5.74, 6) is 0. The summed E-state index contributed by atoms with van der Waals surface area (Å²) in [6, 6.07) is 20.0. The molecule has 9 heteroatoms. The van der Waals surface area contributed by atoms with Gasteiger partial charge in [0.1, 0.15) is 20.2 Å². The molecule has 4 rings (SSSR count). The van der Waals surface area contributed by atoms with E-state index in [-0.39, 0.29) is 58.7 Å². The monoisotopic (exact) mass is 1500 g/mol. The standard InChI is InChI=1S/2C44H76O3S.Ba/c2*1-3-5-7-9-11-13-15-17-19-21-23-25-27-29-31-33-40-35-36-41-37-38-42(44(43(41)39-40)48(45,46)47)34-32-30-28-26-24-22-20-18-16-14-12-10-8-6-4-2;/h2*35-39H,3-34H2,1-2H3,(H,45,46,47);/q;;+2/p-2. The first-order chi connectivity index (χ1) is 46.9. The summed E-state index contributed by atoms with van der Waals surface area (Å²) < 4.78 is 74.9. The minimum atomic E-state index is -4.55. The summed E-state index contributed by atoms with van der Waals surface area (Å²) in [6.45, 7) is 9.11. The third-order valence-electron chi connectivity index (χ3n) is 21.0. The fraction of sp³-hybridized carbons (Fsp3) is 0.773. The fourth-order valence-electron chi connectivity index (χ4n) is 14.8. The Labute approximate surface area is 642 Å². The molecule has 0 saturated carbocycles. The Hall–Kier alpha value is -1.21. The zero-order valence-corrected chi connectivity index (χ0v) is 70.1. The number of fused-ring (bicyclic) bond motifs is 2. The molecule has 0 aliphatic rings. The van der Waals surface area contributed by atoms with Crippen molar-refractivity contribution in [2.75, 3.05) is 0 Å². The number of benzene rings is 4. The van der Waals surface area contributed by atoms with Crippen molar-refractivity contribution >= 4 is 90.7 Å². The molecular weight excluding hydrogens is 1350 g/mol. The fourth-order valence-corrected chi connectivity index (χ4v) is 16.7. The maximum absolute atomic E-state index is 12.5. The van der Waals surface area contributed by atoms with Gasteiger partial charge in [-0.2, -0.15) is 0 Å². The van der Waals surface area contributed by atoms with Gasteiger partial charge in [-0.15, -0.1) is 0 Å². The van der Waals surface area contributed by atoms with E-state index in [0.717, 1.165) is 73.3 Å². The van der Waals surface area contributed by atoms with E-state index in [9.17, 15) is 25.9 Å². The van der Waals surface area contributed by atoms with Crippen LogP contribution < -0.4 is 0 Å². The van der Waals surface area contributed by atoms with Gasteiger partial charge >= 0.3 is 48.9 Å². The van der Waals surface area contributed by atoms with Gasteiger partial charge < -0.3 is 9.11 Å². The third kappa shape index (κ3) is 47.7. The normalized spacial score (nSPS) is 11.9. The molecule has 0 aliphatic carbocycles. The molecule has 0 radical (unpaired) electrons. The van der Waals surface area contributed by atoms with Gasteiger partial charge in [-0.05, 0) is 107 Å². The predicted octanol–water partition coefficient (Wildman–Crippen LogP) is 28.8. The largest absolute Gasteiger partial charge is 2.00 e. The van der Waals surface area contributed by atoms with E-state index in [1.807, 2.05) is 48.5 Å². The van der Waals surface area contributed by atoms with Crippen LogP contribution in [0.3, 0.4) is 0 Å². The molecule has 0 N–H and O–H groups in total. The Kier molecular flexibility index (Phi) is 59.9. The van der Waals surface area contributed by atoms with Gasteiger partial charge in [0.05, 0.1) is 9.79 Å². The third-order valence-corrected chi connectivity index (χ3v) is 22.9. The Bertz CT molecular complexity index is 2490. The Morgan fingerprint density at radius 2 is 0.392 bits per heavy atom. The Balaban J connectivity index is 0.000000653. The van der Waals surface area contributed by atoms with E-state index >= 15 is 0 Å². The molecule has 0 amide bonds. The van der Waals surface area contributed by atoms with Crippen molar-refractivity contribution in [3.05, 3.63) is 82.9 Å². The SMILES string of the molecule is CCCCCCCCCCCCCCCCCc1ccc2ccc(CCCCCCCCCCCCCCCCC)c(S(=O)(=O)[O-])c2c1.CCCCCCCCCCCCCCCCCc1ccc2ccc(CCCCCCCCCCCCCCCCC)c(S(=O)(=O)[O-])c2c1.[Ba+2]. The molecule has 0 atom stereocenters. The molecule has 552 valence electrons. The number of rotatable bonds is 66. The molecule has 6 nitrogen and oxygen atoms in total. The molecule has 0 aromatic heterocycles. The average molecular weight is 1510 g/mol. The Morgan fingerprint density at radius 1 is 0.227 bits per heavy atom. The minimum absolute atomic E-state index is 0. The average Bonchev–Trinajstić information content (AvgIpc) is 0.793. The topological polar surface area (TPSA) is 114 Å². The van der Waals surface area contributed by atoms with Gasteiger partial charge in [0, 0.05) is 0 Å². The number of aryl methyl sites for hydroxylation is 4. The molecule has 97 heavy (non-hydrogen) atoms. The molecule has 4 aromatic rings. The van der Waals surface area contributed by atoms with Crippen LogP contribution in [-0.2, 0) is 45.9 Å². The van der Waals surface area contributed by atoms with Crippen LogP contribution in [-0.4, -0.2) is 74.8 Å². The first-order valence-corrected chi connectivity index (χ1v) is 44.8. The van der Waals surface area contributed by atoms with Crippen molar-refractivity contribution in [3.63, 3.8) is 0 Å². The van der Waals surface area contributed by atoms with Gasteiger partial charge in [-0.25, -0.2) is 16.8 Å². The van der Waals surface area contributed by atoms with Gasteiger partial charge in [0.25, 0.3) is 0 Å². The second-order valence-corrected chi connectivity index (χ2v) is 32.6. The zero-order chi connectivity index (χ0) is 69.1. The number of hydrogen-bond acceptors (Lipinski definition) is 6. The van der Waals surface area contributed by atoms with Crippen molar-refractivity contribution in [1.82, 2.24) is 0 Å². The summed E-state index contributed by atoms with van der Waals surface area (Å²) in [4.78, 5) is 0.0624. The zero-order valence-electron chi connectivity index (χ0n) is 64.0. The minimum Gasteiger partial charge on any atom is -0.744 e. The summed E-state index contributed by atoms with van der Waals surface area (Å²) in [7, 11) is -9.10. The van der Waals surface area contributed by atoms with Crippen LogP contribution in [0.25, 0.3) is 21.5 Å². The van der Waals surface area contributed by atoms with Crippen LogP contribution in [0.2, 0.25) is 0 Å². The van der Waals surface area contributed by atoms with Crippen molar-refractivity contribution in [1.29, 1.82) is 0 Å². The summed E-state index contributed by atoms with van der Waals surface area (Å²) in [5, 5.41) is 2.96. The van der Waals surface area contributed by atoms with Crippen LogP contribution in [0, 0.1) is 0 Å². The van der Waals surface area contributed by atoms with Crippen LogP contribution >= 0.6 is 0 Å². The predicted molar refractivity (Wildman–Crippen MR) is 424 cm³/mol. The smallest absolute Gasteiger partial charge is 0.744 e. The first-order valence-electron chi connectivity index (χ1n) is 41.9. The molecule has 0 bridgehead atoms. The molecule has 0 spiro atoms. The summed E-state index contributed by atoms with van der Waals surface area (Å²) in [5.41, 5.74) is 3.70. The van der Waals surface area contributed by atoms with E-state index < -0.39 is 20.2 Å². The van der Waals surface area contributed by atoms with Crippen molar-refractivity contribution < 1.29 is 25.9 Å². The van der Waals surface area contributed by atoms with Crippen LogP contribution in [0.5, 0.6) is 0 Å². The van der Waals surface area contributed by atoms with Crippen molar-refractivity contribution in [2.24, 2.45) is 0 Å². The summed E-state index contributed by atoms with van der Waals surface area (Å²) >= 11 is 0. The van der Waals surface area contributed by atoms with E-state index in [2.05, 4.69) is 39.8 Å². The van der Waals surface area contributed by atoms with E-state index in [4.69, 9.17) is 0 Å². The van der Waals surface area contributed by atoms with E-state index in [1.165, 1.54) is 347 Å². The maximum atomic E-state index is 12.5. The summed E-state index contributed by atoms with van der Waals surface area (Å²) in [6.07, 6.45) is 82.9. The van der Waals surface area contributed by atoms with Crippen LogP contribution in [0.1, 0.15) is 435 Å². The molecule has 4 aromatic carbocycles. The maximum Gasteiger partial charge on any atom is 2.00 e. The van der Waals surface area contributed by atoms with Gasteiger partial charge in [-0.3, -0.25) is 0 Å². The quantitative estimate of drug-likeness (QED) is 0.0247. The number of unbranched alkanes of at least 4 members (excludes halogenated alkanes) is 56. The Morgan fingerprint density at radius 3 is 0.577 bits per heavy atom. The van der Waals surface area contributed by atoms with Crippen LogP contribution in [0.15, 0.2) is 70.5 Å². The second kappa shape index (κ2) is 63.3. The van der Waals surface area contributed by atoms with Crippen molar-refractivity contribution in [3.8, 4) is 0 Å². The van der Waals surface area contributed by atoms with E-state index in [1.54, 1.807) is 0 Å². The molecule has 0 unspecified atom stereocenters. The first kappa shape index (κ1) is 91.9. The van der Waals surface area contributed by atoms with Crippen molar-refractivity contribution in [2.45, 2.75) is 448 Å². The van der Waals surface area contributed by atoms with Gasteiger partial charge in [-0.1, -0.05) is 436 Å². The molecule has 0 heterocycles. The second-order valence-electron chi connectivity index (χ2n) is 29.9. The molecular formula is C88H150BaO6S2. The number of hydrogen-bond donors (Lipinski definition) is 0. The molecule has 0 fully saturated rings. The molecule has 0 saturated heterocycles.